The minimum absolute atomic E-state index is 0.209. The van der Waals surface area contributed by atoms with Crippen LogP contribution in [0.3, 0.4) is 0 Å². The summed E-state index contributed by atoms with van der Waals surface area (Å²) >= 11 is 0. The van der Waals surface area contributed by atoms with Crippen LogP contribution in [-0.2, 0) is 11.2 Å². The van der Waals surface area contributed by atoms with E-state index in [4.69, 9.17) is 0 Å². The Morgan fingerprint density at radius 2 is 2.07 bits per heavy atom. The third kappa shape index (κ3) is 1.80. The SMILES string of the molecule is CC(=O)Cc1c(C)[nH]c2ccc(C)cc12. The monoisotopic (exact) mass is 201 g/mol. The number of nitrogens with one attached hydrogen (secondary N) is 1. The summed E-state index contributed by atoms with van der Waals surface area (Å²) in [5, 5.41) is 1.18. The van der Waals surface area contributed by atoms with Gasteiger partial charge in [0.2, 0.25) is 0 Å². The number of carbonyl (C=O) groups excluding carboxylic acids is 1. The summed E-state index contributed by atoms with van der Waals surface area (Å²) in [7, 11) is 0. The second kappa shape index (κ2) is 3.54. The molecule has 0 radical (unpaired) electrons. The molecule has 0 amide bonds. The molecule has 2 heteroatoms. The Labute approximate surface area is 89.3 Å². The first-order valence-electron chi connectivity index (χ1n) is 5.15. The number of hydrogen-bond acceptors (Lipinski definition) is 1. The van der Waals surface area contributed by atoms with E-state index in [0.29, 0.717) is 6.42 Å². The van der Waals surface area contributed by atoms with Crippen LogP contribution in [0.25, 0.3) is 10.9 Å². The highest BCUT2D eigenvalue weighted by Crippen LogP contribution is 2.23. The maximum Gasteiger partial charge on any atom is 0.134 e. The number of Topliss-reactive ketones (excluding diaryl/α,β-unsaturated/α-hetero) is 1. The highest BCUT2D eigenvalue weighted by atomic mass is 16.1. The summed E-state index contributed by atoms with van der Waals surface area (Å²) < 4.78 is 0. The molecule has 1 N–H and O–H groups in total. The molecule has 0 aliphatic heterocycles. The van der Waals surface area contributed by atoms with Crippen LogP contribution in [0.4, 0.5) is 0 Å². The fraction of sp³-hybridized carbons (Fsp3) is 0.308. The molecule has 2 rings (SSSR count). The number of fused-ring (bicyclic) bond motifs is 1. The Morgan fingerprint density at radius 1 is 1.33 bits per heavy atom. The number of benzene rings is 1. The predicted molar refractivity (Wildman–Crippen MR) is 62.2 cm³/mol. The zero-order chi connectivity index (χ0) is 11.0. The first-order chi connectivity index (χ1) is 7.08. The van der Waals surface area contributed by atoms with Gasteiger partial charge in [-0.05, 0) is 38.5 Å². The highest BCUT2D eigenvalue weighted by Gasteiger charge is 2.09. The van der Waals surface area contributed by atoms with Gasteiger partial charge in [-0.1, -0.05) is 11.6 Å². The molecule has 0 saturated carbocycles. The van der Waals surface area contributed by atoms with Gasteiger partial charge >= 0.3 is 0 Å². The van der Waals surface area contributed by atoms with Gasteiger partial charge in [0.25, 0.3) is 0 Å². The van der Waals surface area contributed by atoms with Crippen molar-refractivity contribution in [3.63, 3.8) is 0 Å². The summed E-state index contributed by atoms with van der Waals surface area (Å²) in [6, 6.07) is 6.29. The van der Waals surface area contributed by atoms with Crippen molar-refractivity contribution in [3.05, 3.63) is 35.0 Å². The van der Waals surface area contributed by atoms with Gasteiger partial charge in [0.05, 0.1) is 0 Å². The summed E-state index contributed by atoms with van der Waals surface area (Å²) in [4.78, 5) is 14.5. The molecule has 1 heterocycles. The third-order valence-corrected chi connectivity index (χ3v) is 2.70. The van der Waals surface area contributed by atoms with Crippen molar-refractivity contribution < 1.29 is 4.79 Å². The van der Waals surface area contributed by atoms with Crippen LogP contribution in [-0.4, -0.2) is 10.8 Å². The van der Waals surface area contributed by atoms with Crippen molar-refractivity contribution in [2.24, 2.45) is 0 Å². The zero-order valence-electron chi connectivity index (χ0n) is 9.35. The molecule has 0 bridgehead atoms. The van der Waals surface area contributed by atoms with E-state index < -0.39 is 0 Å². The van der Waals surface area contributed by atoms with Crippen LogP contribution in [0, 0.1) is 13.8 Å². The van der Waals surface area contributed by atoms with Gasteiger partial charge in [-0.15, -0.1) is 0 Å². The van der Waals surface area contributed by atoms with Crippen LogP contribution in [0.15, 0.2) is 18.2 Å². The number of rotatable bonds is 2. The van der Waals surface area contributed by atoms with E-state index in [0.717, 1.165) is 16.8 Å². The molecule has 2 aromatic rings. The summed E-state index contributed by atoms with van der Waals surface area (Å²) in [5.41, 5.74) is 4.59. The molecule has 0 aliphatic rings. The second-order valence-electron chi connectivity index (χ2n) is 4.16. The molecular weight excluding hydrogens is 186 g/mol. The molecule has 0 saturated heterocycles. The minimum Gasteiger partial charge on any atom is -0.358 e. The Hall–Kier alpha value is -1.57. The summed E-state index contributed by atoms with van der Waals surface area (Å²) in [6.07, 6.45) is 0.523. The van der Waals surface area contributed by atoms with E-state index in [9.17, 15) is 4.79 Å². The average Bonchev–Trinajstić information content (AvgIpc) is 2.43. The molecule has 0 fully saturated rings. The van der Waals surface area contributed by atoms with Crippen molar-refractivity contribution >= 4 is 16.7 Å². The van der Waals surface area contributed by atoms with E-state index in [1.165, 1.54) is 10.9 Å². The first-order valence-corrected chi connectivity index (χ1v) is 5.15. The van der Waals surface area contributed by atoms with Gasteiger partial charge in [-0.3, -0.25) is 4.79 Å². The molecule has 0 spiro atoms. The average molecular weight is 201 g/mol. The van der Waals surface area contributed by atoms with Crippen LogP contribution in [0.1, 0.15) is 23.7 Å². The lowest BCUT2D eigenvalue weighted by Crippen LogP contribution is -1.97. The number of ketones is 1. The maximum atomic E-state index is 11.2. The molecule has 2 nitrogen and oxygen atoms in total. The van der Waals surface area contributed by atoms with Gasteiger partial charge in [-0.2, -0.15) is 0 Å². The second-order valence-corrected chi connectivity index (χ2v) is 4.16. The molecular formula is C13H15NO. The Morgan fingerprint density at radius 3 is 2.73 bits per heavy atom. The van der Waals surface area contributed by atoms with Gasteiger partial charge in [0, 0.05) is 23.0 Å². The number of carbonyl (C=O) groups is 1. The lowest BCUT2D eigenvalue weighted by Gasteiger charge is -1.98. The Bertz CT molecular complexity index is 523. The molecule has 1 aromatic heterocycles. The van der Waals surface area contributed by atoms with Crippen molar-refractivity contribution in [3.8, 4) is 0 Å². The van der Waals surface area contributed by atoms with Gasteiger partial charge in [-0.25, -0.2) is 0 Å². The van der Waals surface area contributed by atoms with Crippen LogP contribution in [0.2, 0.25) is 0 Å². The quantitative estimate of drug-likeness (QED) is 0.796. The number of aryl methyl sites for hydroxylation is 2. The lowest BCUT2D eigenvalue weighted by atomic mass is 10.0. The number of aromatic nitrogens is 1. The fourth-order valence-corrected chi connectivity index (χ4v) is 1.97. The fourth-order valence-electron chi connectivity index (χ4n) is 1.97. The molecule has 15 heavy (non-hydrogen) atoms. The number of H-pyrrole nitrogens is 1. The van der Waals surface area contributed by atoms with Crippen molar-refractivity contribution in [1.29, 1.82) is 0 Å². The van der Waals surface area contributed by atoms with E-state index >= 15 is 0 Å². The minimum atomic E-state index is 0.209. The van der Waals surface area contributed by atoms with E-state index in [1.807, 2.05) is 6.92 Å². The maximum absolute atomic E-state index is 11.2. The van der Waals surface area contributed by atoms with Crippen LogP contribution < -0.4 is 0 Å². The third-order valence-electron chi connectivity index (χ3n) is 2.70. The van der Waals surface area contributed by atoms with E-state index in [2.05, 4.69) is 30.1 Å². The molecule has 0 atom stereocenters. The molecule has 0 unspecified atom stereocenters. The van der Waals surface area contributed by atoms with Gasteiger partial charge < -0.3 is 4.98 Å². The number of hydrogen-bond donors (Lipinski definition) is 1. The Balaban J connectivity index is 2.65. The van der Waals surface area contributed by atoms with Gasteiger partial charge in [0.1, 0.15) is 5.78 Å². The van der Waals surface area contributed by atoms with Gasteiger partial charge in [0.15, 0.2) is 0 Å². The standard InChI is InChI=1S/C13H15NO/c1-8-4-5-13-12(6-8)11(7-9(2)15)10(3)14-13/h4-6,14H,7H2,1-3H3. The van der Waals surface area contributed by atoms with Crippen LogP contribution in [0.5, 0.6) is 0 Å². The van der Waals surface area contributed by atoms with E-state index in [1.54, 1.807) is 6.92 Å². The smallest absolute Gasteiger partial charge is 0.134 e. The first kappa shape index (κ1) is 9.97. The molecule has 1 aromatic carbocycles. The molecule has 0 aliphatic carbocycles. The summed E-state index contributed by atoms with van der Waals surface area (Å²) in [6.45, 7) is 5.72. The summed E-state index contributed by atoms with van der Waals surface area (Å²) in [5.74, 6) is 0.209. The normalized spacial score (nSPS) is 10.9. The molecule has 78 valence electrons. The van der Waals surface area contributed by atoms with Crippen molar-refractivity contribution in [2.45, 2.75) is 27.2 Å². The predicted octanol–water partition coefficient (Wildman–Crippen LogP) is 2.92. The number of aromatic amines is 1. The largest absolute Gasteiger partial charge is 0.358 e. The topological polar surface area (TPSA) is 32.9 Å². The van der Waals surface area contributed by atoms with E-state index in [-0.39, 0.29) is 5.78 Å². The van der Waals surface area contributed by atoms with Crippen molar-refractivity contribution in [1.82, 2.24) is 4.98 Å². The van der Waals surface area contributed by atoms with Crippen LogP contribution >= 0.6 is 0 Å². The highest BCUT2D eigenvalue weighted by molar-refractivity contribution is 5.90. The lowest BCUT2D eigenvalue weighted by molar-refractivity contribution is -0.116. The Kier molecular flexibility index (Phi) is 2.35. The zero-order valence-corrected chi connectivity index (χ0v) is 9.35. The van der Waals surface area contributed by atoms with Crippen molar-refractivity contribution in [2.75, 3.05) is 0 Å².